The number of nitrogens with zero attached hydrogens (tertiary/aromatic N) is 3. The van der Waals surface area contributed by atoms with E-state index in [0.29, 0.717) is 31.0 Å². The number of hydrogen-bond donors (Lipinski definition) is 2. The lowest BCUT2D eigenvalue weighted by atomic mass is 9.82. The lowest BCUT2D eigenvalue weighted by molar-refractivity contribution is -0.149. The molecule has 7 heteroatoms. The summed E-state index contributed by atoms with van der Waals surface area (Å²) in [5.74, 6) is -0.761. The van der Waals surface area contributed by atoms with Gasteiger partial charge in [0.25, 0.3) is 0 Å². The van der Waals surface area contributed by atoms with E-state index in [-0.39, 0.29) is 0 Å². The molecule has 0 fully saturated rings. The van der Waals surface area contributed by atoms with Gasteiger partial charge in [-0.3, -0.25) is 4.79 Å². The molecule has 0 amide bonds. The second-order valence-corrected chi connectivity index (χ2v) is 5.95. The van der Waals surface area contributed by atoms with Gasteiger partial charge in [-0.1, -0.05) is 31.5 Å². The quantitative estimate of drug-likeness (QED) is 0.774. The number of hydrogen-bond acceptors (Lipinski definition) is 4. The number of carboxylic acids is 1. The number of aromatic nitrogens is 3. The van der Waals surface area contributed by atoms with Crippen LogP contribution in [0.25, 0.3) is 5.69 Å². The molecule has 0 bridgehead atoms. The molecule has 0 spiro atoms. The highest BCUT2D eigenvalue weighted by Gasteiger charge is 2.34. The van der Waals surface area contributed by atoms with E-state index < -0.39 is 11.4 Å². The first kappa shape index (κ1) is 17.4. The molecule has 0 aliphatic heterocycles. The summed E-state index contributed by atoms with van der Waals surface area (Å²) in [6.45, 7) is 4.75. The SMILES string of the molecule is CCC(CC)(CNCc1ccc(Cl)cc1-n1cncn1)C(=O)O. The number of halogens is 1. The first-order valence-corrected chi connectivity index (χ1v) is 7.97. The fourth-order valence-electron chi connectivity index (χ4n) is 2.55. The summed E-state index contributed by atoms with van der Waals surface area (Å²) >= 11 is 6.07. The van der Waals surface area contributed by atoms with Gasteiger partial charge in [-0.15, -0.1) is 0 Å². The third-order valence-electron chi connectivity index (χ3n) is 4.30. The van der Waals surface area contributed by atoms with Crippen LogP contribution in [0.4, 0.5) is 0 Å². The van der Waals surface area contributed by atoms with Gasteiger partial charge in [-0.25, -0.2) is 9.67 Å². The van der Waals surface area contributed by atoms with Crippen molar-refractivity contribution in [1.82, 2.24) is 20.1 Å². The highest BCUT2D eigenvalue weighted by molar-refractivity contribution is 6.30. The number of rotatable bonds is 8. The van der Waals surface area contributed by atoms with Gasteiger partial charge in [0.1, 0.15) is 12.7 Å². The average Bonchev–Trinajstić information content (AvgIpc) is 3.07. The summed E-state index contributed by atoms with van der Waals surface area (Å²) in [7, 11) is 0. The maximum atomic E-state index is 11.5. The number of carboxylic acid groups (broad SMARTS) is 1. The zero-order valence-electron chi connectivity index (χ0n) is 13.3. The number of benzene rings is 1. The molecule has 1 aromatic carbocycles. The molecular weight excluding hydrogens is 316 g/mol. The van der Waals surface area contributed by atoms with Crippen molar-refractivity contribution in [3.8, 4) is 5.69 Å². The maximum Gasteiger partial charge on any atom is 0.310 e. The minimum atomic E-state index is -0.761. The first-order valence-electron chi connectivity index (χ1n) is 7.60. The summed E-state index contributed by atoms with van der Waals surface area (Å²) in [6.07, 6.45) is 4.24. The Labute approximate surface area is 140 Å². The summed E-state index contributed by atoms with van der Waals surface area (Å²) < 4.78 is 1.65. The van der Waals surface area contributed by atoms with E-state index in [1.165, 1.54) is 6.33 Å². The molecule has 1 aromatic heterocycles. The predicted molar refractivity (Wildman–Crippen MR) is 88.7 cm³/mol. The largest absolute Gasteiger partial charge is 0.481 e. The molecule has 2 aromatic rings. The Hall–Kier alpha value is -1.92. The maximum absolute atomic E-state index is 11.5. The van der Waals surface area contributed by atoms with Crippen molar-refractivity contribution in [2.75, 3.05) is 6.54 Å². The Bertz CT molecular complexity index is 654. The summed E-state index contributed by atoms with van der Waals surface area (Å²) in [6, 6.07) is 5.53. The average molecular weight is 337 g/mol. The predicted octanol–water partition coefficient (Wildman–Crippen LogP) is 2.90. The molecule has 0 saturated carbocycles. The highest BCUT2D eigenvalue weighted by Crippen LogP contribution is 2.26. The van der Waals surface area contributed by atoms with Gasteiger partial charge in [0.05, 0.1) is 11.1 Å². The van der Waals surface area contributed by atoms with Gasteiger partial charge < -0.3 is 10.4 Å². The van der Waals surface area contributed by atoms with Crippen molar-refractivity contribution in [3.05, 3.63) is 41.4 Å². The zero-order chi connectivity index (χ0) is 16.9. The lowest BCUT2D eigenvalue weighted by Gasteiger charge is -2.27. The molecule has 1 heterocycles. The monoisotopic (exact) mass is 336 g/mol. The highest BCUT2D eigenvalue weighted by atomic mass is 35.5. The second kappa shape index (κ2) is 7.57. The van der Waals surface area contributed by atoms with Gasteiger partial charge in [0, 0.05) is 18.1 Å². The van der Waals surface area contributed by atoms with Crippen LogP contribution in [0.5, 0.6) is 0 Å². The van der Waals surface area contributed by atoms with E-state index in [1.807, 2.05) is 32.0 Å². The van der Waals surface area contributed by atoms with Crippen LogP contribution in [0, 0.1) is 5.41 Å². The van der Waals surface area contributed by atoms with Gasteiger partial charge in [0.15, 0.2) is 0 Å². The van der Waals surface area contributed by atoms with Gasteiger partial charge >= 0.3 is 5.97 Å². The first-order chi connectivity index (χ1) is 11.0. The van der Waals surface area contributed by atoms with Crippen LogP contribution in [0.15, 0.2) is 30.9 Å². The van der Waals surface area contributed by atoms with Crippen LogP contribution in [0.2, 0.25) is 5.02 Å². The molecule has 23 heavy (non-hydrogen) atoms. The van der Waals surface area contributed by atoms with Gasteiger partial charge in [0.2, 0.25) is 0 Å². The molecular formula is C16H21ClN4O2. The Morgan fingerprint density at radius 3 is 2.70 bits per heavy atom. The normalized spacial score (nSPS) is 11.6. The van der Waals surface area contributed by atoms with E-state index in [4.69, 9.17) is 11.6 Å². The number of aliphatic carboxylic acids is 1. The van der Waals surface area contributed by atoms with E-state index >= 15 is 0 Å². The van der Waals surface area contributed by atoms with E-state index in [0.717, 1.165) is 11.3 Å². The van der Waals surface area contributed by atoms with Gasteiger partial charge in [-0.05, 0) is 30.5 Å². The van der Waals surface area contributed by atoms with Crippen molar-refractivity contribution < 1.29 is 9.90 Å². The zero-order valence-corrected chi connectivity index (χ0v) is 14.0. The molecule has 0 radical (unpaired) electrons. The number of nitrogens with one attached hydrogen (secondary N) is 1. The third-order valence-corrected chi connectivity index (χ3v) is 4.53. The van der Waals surface area contributed by atoms with Crippen molar-refractivity contribution in [1.29, 1.82) is 0 Å². The Balaban J connectivity index is 2.14. The third kappa shape index (κ3) is 3.89. The molecule has 0 aliphatic carbocycles. The molecule has 2 rings (SSSR count). The molecule has 0 saturated heterocycles. The minimum absolute atomic E-state index is 0.411. The topological polar surface area (TPSA) is 80.0 Å². The van der Waals surface area contributed by atoms with Crippen molar-refractivity contribution in [3.63, 3.8) is 0 Å². The second-order valence-electron chi connectivity index (χ2n) is 5.51. The van der Waals surface area contributed by atoms with Gasteiger partial charge in [-0.2, -0.15) is 5.10 Å². The fourth-order valence-corrected chi connectivity index (χ4v) is 2.71. The van der Waals surface area contributed by atoms with Crippen molar-refractivity contribution in [2.24, 2.45) is 5.41 Å². The standard InChI is InChI=1S/C16H21ClN4O2/c1-3-16(4-2,15(22)23)9-18-8-12-5-6-13(17)7-14(12)21-11-19-10-20-21/h5-7,10-11,18H,3-4,8-9H2,1-2H3,(H,22,23). The van der Waals surface area contributed by atoms with Crippen LogP contribution in [-0.2, 0) is 11.3 Å². The fraction of sp³-hybridized carbons (Fsp3) is 0.438. The van der Waals surface area contributed by atoms with Crippen LogP contribution in [0.1, 0.15) is 32.3 Å². The van der Waals surface area contributed by atoms with E-state index in [1.54, 1.807) is 11.0 Å². The van der Waals surface area contributed by atoms with Crippen LogP contribution >= 0.6 is 11.6 Å². The molecule has 0 unspecified atom stereocenters. The van der Waals surface area contributed by atoms with E-state index in [2.05, 4.69) is 15.4 Å². The van der Waals surface area contributed by atoms with E-state index in [9.17, 15) is 9.90 Å². The van der Waals surface area contributed by atoms with Crippen molar-refractivity contribution >= 4 is 17.6 Å². The molecule has 2 N–H and O–H groups in total. The summed E-state index contributed by atoms with van der Waals surface area (Å²) in [4.78, 5) is 15.5. The smallest absolute Gasteiger partial charge is 0.310 e. The lowest BCUT2D eigenvalue weighted by Crippen LogP contribution is -2.40. The Kier molecular flexibility index (Phi) is 5.74. The molecule has 0 atom stereocenters. The Morgan fingerprint density at radius 2 is 2.13 bits per heavy atom. The molecule has 0 aliphatic rings. The number of carbonyl (C=O) groups is 1. The van der Waals surface area contributed by atoms with Crippen LogP contribution in [0.3, 0.4) is 0 Å². The van der Waals surface area contributed by atoms with Crippen LogP contribution < -0.4 is 5.32 Å². The summed E-state index contributed by atoms with van der Waals surface area (Å²) in [5.41, 5.74) is 1.07. The summed E-state index contributed by atoms with van der Waals surface area (Å²) in [5, 5.41) is 17.5. The Morgan fingerprint density at radius 1 is 1.39 bits per heavy atom. The molecule has 124 valence electrons. The minimum Gasteiger partial charge on any atom is -0.481 e. The molecule has 6 nitrogen and oxygen atoms in total. The van der Waals surface area contributed by atoms with Crippen LogP contribution in [-0.4, -0.2) is 32.4 Å². The van der Waals surface area contributed by atoms with Crippen molar-refractivity contribution in [2.45, 2.75) is 33.2 Å².